The molecule has 0 saturated carbocycles. The van der Waals surface area contributed by atoms with Crippen LogP contribution < -0.4 is 5.73 Å². The maximum absolute atomic E-state index is 6.26. The van der Waals surface area contributed by atoms with Gasteiger partial charge in [-0.05, 0) is 40.0 Å². The molecule has 0 aromatic carbocycles. The summed E-state index contributed by atoms with van der Waals surface area (Å²) in [7, 11) is -2.98. The second-order valence-electron chi connectivity index (χ2n) is 4.47. The first-order valence-electron chi connectivity index (χ1n) is 7.36. The van der Waals surface area contributed by atoms with E-state index in [4.69, 9.17) is 23.4 Å². The average Bonchev–Trinajstić information content (AvgIpc) is 2.39. The Hall–Kier alpha value is 0.0169. The molecule has 0 rings (SSSR count). The van der Waals surface area contributed by atoms with Crippen LogP contribution in [0.3, 0.4) is 0 Å². The van der Waals surface area contributed by atoms with Gasteiger partial charge in [0.15, 0.2) is 0 Å². The molecule has 0 saturated heterocycles. The van der Waals surface area contributed by atoms with E-state index in [2.05, 4.69) is 13.8 Å². The van der Waals surface area contributed by atoms with E-state index in [-0.39, 0.29) is 5.54 Å². The number of nitrogens with two attached hydrogens (primary N) is 1. The second kappa shape index (κ2) is 9.85. The fourth-order valence-corrected chi connectivity index (χ4v) is 3.68. The van der Waals surface area contributed by atoms with Crippen LogP contribution in [0, 0.1) is 0 Å². The lowest BCUT2D eigenvalue weighted by Crippen LogP contribution is -2.50. The monoisotopic (exact) mass is 293 g/mol. The van der Waals surface area contributed by atoms with E-state index in [0.29, 0.717) is 26.4 Å². The quantitative estimate of drug-likeness (QED) is 0.560. The van der Waals surface area contributed by atoms with Gasteiger partial charge in [-0.25, -0.2) is 0 Å². The summed E-state index contributed by atoms with van der Waals surface area (Å²) in [6, 6.07) is 0. The molecule has 19 heavy (non-hydrogen) atoms. The van der Waals surface area contributed by atoms with Crippen molar-refractivity contribution in [1.82, 2.24) is 0 Å². The lowest BCUT2D eigenvalue weighted by Gasteiger charge is -2.30. The van der Waals surface area contributed by atoms with Gasteiger partial charge in [-0.15, -0.1) is 0 Å². The molecule has 5 nitrogen and oxygen atoms in total. The standard InChI is InChI=1S/C13H31NO4Si/c1-6-13(14,7-2)11-12-18-19(15-8-3,16-9-4)17-10-5/h6-12,14H2,1-5H3. The summed E-state index contributed by atoms with van der Waals surface area (Å²) in [5.74, 6) is 0. The number of hydrogen-bond donors (Lipinski definition) is 1. The third-order valence-corrected chi connectivity index (χ3v) is 5.73. The van der Waals surface area contributed by atoms with Crippen molar-refractivity contribution in [2.75, 3.05) is 26.4 Å². The normalized spacial score (nSPS) is 12.9. The number of rotatable bonds is 12. The Balaban J connectivity index is 4.46. The minimum absolute atomic E-state index is 0.176. The first-order chi connectivity index (χ1) is 9.01. The Kier molecular flexibility index (Phi) is 9.86. The molecule has 0 aromatic rings. The van der Waals surface area contributed by atoms with Crippen LogP contribution in [0.4, 0.5) is 0 Å². The van der Waals surface area contributed by atoms with E-state index in [0.717, 1.165) is 19.3 Å². The summed E-state index contributed by atoms with van der Waals surface area (Å²) in [5.41, 5.74) is 6.08. The van der Waals surface area contributed by atoms with E-state index in [9.17, 15) is 0 Å². The molecule has 0 spiro atoms. The first-order valence-corrected chi connectivity index (χ1v) is 8.99. The molecule has 0 aliphatic heterocycles. The van der Waals surface area contributed by atoms with E-state index in [1.807, 2.05) is 20.8 Å². The molecule has 0 radical (unpaired) electrons. The maximum atomic E-state index is 6.26. The molecule has 0 heterocycles. The highest BCUT2D eigenvalue weighted by Gasteiger charge is 2.45. The van der Waals surface area contributed by atoms with Crippen LogP contribution in [0.2, 0.25) is 0 Å². The van der Waals surface area contributed by atoms with Gasteiger partial charge in [0.1, 0.15) is 0 Å². The first kappa shape index (κ1) is 19.0. The molecular weight excluding hydrogens is 262 g/mol. The number of hydrogen-bond acceptors (Lipinski definition) is 5. The molecule has 0 amide bonds. The van der Waals surface area contributed by atoms with Gasteiger partial charge in [0.2, 0.25) is 0 Å². The zero-order valence-corrected chi connectivity index (χ0v) is 14.2. The fourth-order valence-electron chi connectivity index (χ4n) is 1.76. The zero-order valence-electron chi connectivity index (χ0n) is 13.2. The maximum Gasteiger partial charge on any atom is 0.679 e. The van der Waals surface area contributed by atoms with Gasteiger partial charge < -0.3 is 23.4 Å². The van der Waals surface area contributed by atoms with Crippen molar-refractivity contribution >= 4 is 9.05 Å². The van der Waals surface area contributed by atoms with Gasteiger partial charge in [-0.2, -0.15) is 0 Å². The summed E-state index contributed by atoms with van der Waals surface area (Å²) < 4.78 is 22.7. The van der Waals surface area contributed by atoms with Crippen molar-refractivity contribution < 1.29 is 17.7 Å². The van der Waals surface area contributed by atoms with Crippen LogP contribution >= 0.6 is 0 Å². The highest BCUT2D eigenvalue weighted by atomic mass is 28.4. The molecule has 0 aromatic heterocycles. The van der Waals surface area contributed by atoms with Gasteiger partial charge in [0.25, 0.3) is 0 Å². The molecule has 0 fully saturated rings. The minimum atomic E-state index is -2.98. The highest BCUT2D eigenvalue weighted by molar-refractivity contribution is 6.53. The van der Waals surface area contributed by atoms with Gasteiger partial charge in [-0.3, -0.25) is 0 Å². The molecule has 0 aliphatic rings. The lowest BCUT2D eigenvalue weighted by molar-refractivity contribution is -0.0303. The van der Waals surface area contributed by atoms with Crippen molar-refractivity contribution in [2.24, 2.45) is 5.73 Å². The van der Waals surface area contributed by atoms with E-state index >= 15 is 0 Å². The molecular formula is C13H31NO4Si. The smallest absolute Gasteiger partial charge is 0.351 e. The summed E-state index contributed by atoms with van der Waals surface area (Å²) in [5, 5.41) is 0. The molecule has 0 atom stereocenters. The molecule has 2 N–H and O–H groups in total. The van der Waals surface area contributed by atoms with Crippen molar-refractivity contribution in [1.29, 1.82) is 0 Å². The van der Waals surface area contributed by atoms with Gasteiger partial charge in [0.05, 0.1) is 0 Å². The van der Waals surface area contributed by atoms with Crippen LogP contribution in [0.5, 0.6) is 0 Å². The summed E-state index contributed by atoms with van der Waals surface area (Å²) >= 11 is 0. The highest BCUT2D eigenvalue weighted by Crippen LogP contribution is 2.19. The van der Waals surface area contributed by atoms with Gasteiger partial charge >= 0.3 is 9.05 Å². The SMILES string of the molecule is CCO[Si](OCC)(OCC)OCCC(N)(CC)CC. The van der Waals surface area contributed by atoms with Crippen LogP contribution in [-0.4, -0.2) is 41.0 Å². The Bertz CT molecular complexity index is 208. The predicted octanol–water partition coefficient (Wildman–Crippen LogP) is 2.46. The fraction of sp³-hybridized carbons (Fsp3) is 1.00. The molecule has 0 unspecified atom stereocenters. The Morgan fingerprint density at radius 1 is 0.789 bits per heavy atom. The van der Waals surface area contributed by atoms with Crippen molar-refractivity contribution in [3.63, 3.8) is 0 Å². The third kappa shape index (κ3) is 6.83. The van der Waals surface area contributed by atoms with E-state index in [1.165, 1.54) is 0 Å². The predicted molar refractivity (Wildman–Crippen MR) is 78.7 cm³/mol. The lowest BCUT2D eigenvalue weighted by atomic mass is 9.91. The van der Waals surface area contributed by atoms with E-state index in [1.54, 1.807) is 0 Å². The van der Waals surface area contributed by atoms with Crippen LogP contribution in [0.15, 0.2) is 0 Å². The van der Waals surface area contributed by atoms with E-state index < -0.39 is 9.05 Å². The topological polar surface area (TPSA) is 62.9 Å². The summed E-state index contributed by atoms with van der Waals surface area (Å²) in [6.45, 7) is 12.0. The third-order valence-electron chi connectivity index (χ3n) is 3.25. The minimum Gasteiger partial charge on any atom is -0.351 e. The van der Waals surface area contributed by atoms with Gasteiger partial charge in [0, 0.05) is 32.0 Å². The van der Waals surface area contributed by atoms with Crippen LogP contribution in [0.1, 0.15) is 53.9 Å². The largest absolute Gasteiger partial charge is 0.679 e. The average molecular weight is 293 g/mol. The Morgan fingerprint density at radius 3 is 1.53 bits per heavy atom. The summed E-state index contributed by atoms with van der Waals surface area (Å²) in [6.07, 6.45) is 2.64. The Morgan fingerprint density at radius 2 is 1.21 bits per heavy atom. The second-order valence-corrected chi connectivity index (χ2v) is 6.62. The molecule has 6 heteroatoms. The van der Waals surface area contributed by atoms with Crippen molar-refractivity contribution in [3.8, 4) is 0 Å². The van der Waals surface area contributed by atoms with Crippen molar-refractivity contribution in [2.45, 2.75) is 59.4 Å². The molecule has 0 bridgehead atoms. The van der Waals surface area contributed by atoms with Gasteiger partial charge in [-0.1, -0.05) is 13.8 Å². The van der Waals surface area contributed by atoms with Crippen LogP contribution in [-0.2, 0) is 17.7 Å². The Labute approximate surface area is 119 Å². The molecule has 0 aliphatic carbocycles. The summed E-state index contributed by atoms with van der Waals surface area (Å²) in [4.78, 5) is 0. The molecule has 116 valence electrons. The van der Waals surface area contributed by atoms with Crippen molar-refractivity contribution in [3.05, 3.63) is 0 Å². The zero-order chi connectivity index (χ0) is 14.8. The van der Waals surface area contributed by atoms with Crippen LogP contribution in [0.25, 0.3) is 0 Å².